The lowest BCUT2D eigenvalue weighted by atomic mass is 10.1. The standard InChI is InChI=1S/C24H23N3O3S/c1-16-14-17(2)22(18(3)15-16)31(28,29)27-21(19-10-6-4-7-11-19)24-26-25-23(30-24)20-12-8-5-9-13-20/h4-15,21,27H,1-3H3/t21-/m1/s1. The van der Waals surface area contributed by atoms with Crippen LogP contribution in [0.3, 0.4) is 0 Å². The highest BCUT2D eigenvalue weighted by Crippen LogP contribution is 2.29. The molecule has 1 aromatic heterocycles. The molecule has 4 rings (SSSR count). The monoisotopic (exact) mass is 433 g/mol. The van der Waals surface area contributed by atoms with E-state index in [1.54, 1.807) is 13.8 Å². The van der Waals surface area contributed by atoms with Gasteiger partial charge in [-0.2, -0.15) is 4.72 Å². The van der Waals surface area contributed by atoms with Crippen molar-refractivity contribution in [2.45, 2.75) is 31.7 Å². The van der Waals surface area contributed by atoms with E-state index in [-0.39, 0.29) is 10.8 Å². The predicted molar refractivity (Wildman–Crippen MR) is 119 cm³/mol. The summed E-state index contributed by atoms with van der Waals surface area (Å²) in [5, 5.41) is 8.29. The largest absolute Gasteiger partial charge is 0.419 e. The van der Waals surface area contributed by atoms with Crippen molar-refractivity contribution in [1.82, 2.24) is 14.9 Å². The van der Waals surface area contributed by atoms with Crippen LogP contribution in [0.25, 0.3) is 11.5 Å². The molecule has 0 radical (unpaired) electrons. The van der Waals surface area contributed by atoms with E-state index < -0.39 is 16.1 Å². The van der Waals surface area contributed by atoms with Crippen LogP contribution in [0.5, 0.6) is 0 Å². The molecule has 31 heavy (non-hydrogen) atoms. The van der Waals surface area contributed by atoms with Crippen molar-refractivity contribution in [1.29, 1.82) is 0 Å². The average Bonchev–Trinajstić information content (AvgIpc) is 3.22. The van der Waals surface area contributed by atoms with Gasteiger partial charge in [-0.1, -0.05) is 66.2 Å². The van der Waals surface area contributed by atoms with Crippen molar-refractivity contribution < 1.29 is 12.8 Å². The van der Waals surface area contributed by atoms with Gasteiger partial charge in [0, 0.05) is 5.56 Å². The summed E-state index contributed by atoms with van der Waals surface area (Å²) >= 11 is 0. The maximum atomic E-state index is 13.4. The number of aromatic nitrogens is 2. The zero-order chi connectivity index (χ0) is 22.0. The van der Waals surface area contributed by atoms with E-state index in [2.05, 4.69) is 14.9 Å². The Bertz CT molecular complexity index is 1280. The lowest BCUT2D eigenvalue weighted by molar-refractivity contribution is 0.464. The molecule has 1 heterocycles. The summed E-state index contributed by atoms with van der Waals surface area (Å²) in [4.78, 5) is 0.266. The average molecular weight is 434 g/mol. The SMILES string of the molecule is Cc1cc(C)c(S(=O)(=O)N[C@H](c2ccccc2)c2nnc(-c3ccccc3)o2)c(C)c1. The molecule has 6 nitrogen and oxygen atoms in total. The fourth-order valence-electron chi connectivity index (χ4n) is 3.76. The van der Waals surface area contributed by atoms with E-state index in [4.69, 9.17) is 4.42 Å². The van der Waals surface area contributed by atoms with E-state index in [1.807, 2.05) is 79.7 Å². The molecule has 3 aromatic carbocycles. The molecule has 0 fully saturated rings. The minimum Gasteiger partial charge on any atom is -0.419 e. The summed E-state index contributed by atoms with van der Waals surface area (Å²) in [5.74, 6) is 0.509. The third-order valence-electron chi connectivity index (χ3n) is 4.99. The van der Waals surface area contributed by atoms with Crippen LogP contribution in [0, 0.1) is 20.8 Å². The van der Waals surface area contributed by atoms with Gasteiger partial charge >= 0.3 is 0 Å². The number of aryl methyl sites for hydroxylation is 3. The Morgan fingerprint density at radius 3 is 2.03 bits per heavy atom. The molecule has 1 atom stereocenters. The molecule has 0 spiro atoms. The minimum absolute atomic E-state index is 0.177. The number of benzene rings is 3. The van der Waals surface area contributed by atoms with Crippen molar-refractivity contribution in [3.8, 4) is 11.5 Å². The highest BCUT2D eigenvalue weighted by Gasteiger charge is 2.29. The molecule has 0 amide bonds. The molecular formula is C24H23N3O3S. The fourth-order valence-corrected chi connectivity index (χ4v) is 5.39. The second-order valence-electron chi connectivity index (χ2n) is 7.50. The number of rotatable bonds is 6. The van der Waals surface area contributed by atoms with Crippen LogP contribution in [0.2, 0.25) is 0 Å². The first-order valence-electron chi connectivity index (χ1n) is 9.89. The van der Waals surface area contributed by atoms with Crippen LogP contribution >= 0.6 is 0 Å². The van der Waals surface area contributed by atoms with Gasteiger partial charge in [0.1, 0.15) is 6.04 Å². The second kappa shape index (κ2) is 8.45. The molecule has 0 aliphatic carbocycles. The van der Waals surface area contributed by atoms with Crippen LogP contribution < -0.4 is 4.72 Å². The topological polar surface area (TPSA) is 85.1 Å². The van der Waals surface area contributed by atoms with Gasteiger partial charge in [0.2, 0.25) is 21.8 Å². The summed E-state index contributed by atoms with van der Waals surface area (Å²) in [5.41, 5.74) is 3.86. The van der Waals surface area contributed by atoms with Crippen molar-refractivity contribution in [2.24, 2.45) is 0 Å². The molecule has 0 unspecified atom stereocenters. The highest BCUT2D eigenvalue weighted by atomic mass is 32.2. The van der Waals surface area contributed by atoms with Crippen molar-refractivity contribution in [3.05, 3.63) is 101 Å². The zero-order valence-electron chi connectivity index (χ0n) is 17.5. The van der Waals surface area contributed by atoms with E-state index >= 15 is 0 Å². The van der Waals surface area contributed by atoms with E-state index in [0.29, 0.717) is 22.6 Å². The van der Waals surface area contributed by atoms with Crippen LogP contribution in [-0.4, -0.2) is 18.6 Å². The summed E-state index contributed by atoms with van der Waals surface area (Å²) in [6.07, 6.45) is 0. The number of nitrogens with one attached hydrogen (secondary N) is 1. The highest BCUT2D eigenvalue weighted by molar-refractivity contribution is 7.89. The van der Waals surface area contributed by atoms with Gasteiger partial charge in [0.05, 0.1) is 4.90 Å². The molecular weight excluding hydrogens is 410 g/mol. The van der Waals surface area contributed by atoms with Gasteiger partial charge in [-0.05, 0) is 49.6 Å². The summed E-state index contributed by atoms with van der Waals surface area (Å²) < 4.78 is 35.5. The fraction of sp³-hybridized carbons (Fsp3) is 0.167. The smallest absolute Gasteiger partial charge is 0.247 e. The molecule has 7 heteroatoms. The first-order valence-corrected chi connectivity index (χ1v) is 11.4. The van der Waals surface area contributed by atoms with Gasteiger partial charge in [-0.25, -0.2) is 8.42 Å². The van der Waals surface area contributed by atoms with Crippen LogP contribution in [-0.2, 0) is 10.0 Å². The maximum Gasteiger partial charge on any atom is 0.247 e. The predicted octanol–water partition coefficient (Wildman–Crippen LogP) is 4.73. The van der Waals surface area contributed by atoms with E-state index in [9.17, 15) is 8.42 Å². The van der Waals surface area contributed by atoms with Crippen LogP contribution in [0.1, 0.15) is 34.2 Å². The lowest BCUT2D eigenvalue weighted by Gasteiger charge is -2.18. The number of sulfonamides is 1. The second-order valence-corrected chi connectivity index (χ2v) is 9.16. The first-order chi connectivity index (χ1) is 14.8. The van der Waals surface area contributed by atoms with Crippen molar-refractivity contribution in [2.75, 3.05) is 0 Å². The van der Waals surface area contributed by atoms with Crippen LogP contribution in [0.4, 0.5) is 0 Å². The Balaban J connectivity index is 1.77. The summed E-state index contributed by atoms with van der Waals surface area (Å²) in [6, 6.07) is 21.5. The molecule has 0 saturated carbocycles. The van der Waals surface area contributed by atoms with Gasteiger partial charge in [-0.15, -0.1) is 10.2 Å². The molecule has 1 N–H and O–H groups in total. The van der Waals surface area contributed by atoms with Gasteiger partial charge < -0.3 is 4.42 Å². The number of hydrogen-bond acceptors (Lipinski definition) is 5. The Morgan fingerprint density at radius 1 is 0.839 bits per heavy atom. The van der Waals surface area contributed by atoms with E-state index in [0.717, 1.165) is 11.1 Å². The first kappa shape index (κ1) is 21.0. The maximum absolute atomic E-state index is 13.4. The number of nitrogens with zero attached hydrogens (tertiary/aromatic N) is 2. The van der Waals surface area contributed by atoms with Gasteiger partial charge in [0.15, 0.2) is 0 Å². The quantitative estimate of drug-likeness (QED) is 0.475. The molecule has 0 aliphatic heterocycles. The van der Waals surface area contributed by atoms with Gasteiger partial charge in [0.25, 0.3) is 0 Å². The third kappa shape index (κ3) is 4.42. The molecule has 0 bridgehead atoms. The Morgan fingerprint density at radius 2 is 1.42 bits per heavy atom. The van der Waals surface area contributed by atoms with Crippen molar-refractivity contribution in [3.63, 3.8) is 0 Å². The molecule has 0 saturated heterocycles. The van der Waals surface area contributed by atoms with Crippen molar-refractivity contribution >= 4 is 10.0 Å². The molecule has 0 aliphatic rings. The zero-order valence-corrected chi connectivity index (χ0v) is 18.3. The van der Waals surface area contributed by atoms with Gasteiger partial charge in [-0.3, -0.25) is 0 Å². The molecule has 158 valence electrons. The molecule has 4 aromatic rings. The summed E-state index contributed by atoms with van der Waals surface area (Å²) in [6.45, 7) is 5.54. The Kier molecular flexibility index (Phi) is 5.71. The summed E-state index contributed by atoms with van der Waals surface area (Å²) in [7, 11) is -3.87. The lowest BCUT2D eigenvalue weighted by Crippen LogP contribution is -2.30. The third-order valence-corrected chi connectivity index (χ3v) is 6.72. The normalized spacial score (nSPS) is 12.6. The minimum atomic E-state index is -3.87. The van der Waals surface area contributed by atoms with Crippen LogP contribution in [0.15, 0.2) is 82.1 Å². The van der Waals surface area contributed by atoms with E-state index in [1.165, 1.54) is 0 Å². The number of hydrogen-bond donors (Lipinski definition) is 1. The Hall–Kier alpha value is -3.29. The Labute approximate surface area is 182 Å².